The summed E-state index contributed by atoms with van der Waals surface area (Å²) in [6, 6.07) is 14.6. The first-order chi connectivity index (χ1) is 13.8. The van der Waals surface area contributed by atoms with E-state index in [1.54, 1.807) is 18.9 Å². The second kappa shape index (κ2) is 11.0. The lowest BCUT2D eigenvalue weighted by Crippen LogP contribution is -2.48. The minimum atomic E-state index is -0.571. The molecule has 5 nitrogen and oxygen atoms in total. The first kappa shape index (κ1) is 22.9. The minimum absolute atomic E-state index is 0.0951. The van der Waals surface area contributed by atoms with Crippen LogP contribution < -0.4 is 10.1 Å². The SMILES string of the molecule is COc1ccc(CC(=O)N(Cc2cccc(Br)c2)[C@H](C)C(=O)NCC(C)C)cc1. The van der Waals surface area contributed by atoms with Crippen LogP contribution in [0, 0.1) is 5.92 Å². The fourth-order valence-electron chi connectivity index (χ4n) is 2.89. The molecule has 0 unspecified atom stereocenters. The number of hydrogen-bond acceptors (Lipinski definition) is 3. The summed E-state index contributed by atoms with van der Waals surface area (Å²) >= 11 is 3.47. The number of benzene rings is 2. The first-order valence-electron chi connectivity index (χ1n) is 9.74. The van der Waals surface area contributed by atoms with Gasteiger partial charge < -0.3 is 15.0 Å². The molecule has 0 aliphatic carbocycles. The first-order valence-corrected chi connectivity index (χ1v) is 10.5. The van der Waals surface area contributed by atoms with Crippen LogP contribution in [-0.2, 0) is 22.6 Å². The Balaban J connectivity index is 2.19. The van der Waals surface area contributed by atoms with Gasteiger partial charge in [-0.05, 0) is 48.2 Å². The van der Waals surface area contributed by atoms with E-state index in [2.05, 4.69) is 21.2 Å². The highest BCUT2D eigenvalue weighted by Gasteiger charge is 2.26. The second-order valence-electron chi connectivity index (χ2n) is 7.49. The van der Waals surface area contributed by atoms with Crippen LogP contribution in [0.2, 0.25) is 0 Å². The molecular formula is C23H29BrN2O3. The van der Waals surface area contributed by atoms with Gasteiger partial charge >= 0.3 is 0 Å². The molecule has 0 heterocycles. The van der Waals surface area contributed by atoms with E-state index in [9.17, 15) is 9.59 Å². The van der Waals surface area contributed by atoms with Crippen molar-refractivity contribution in [1.29, 1.82) is 0 Å². The van der Waals surface area contributed by atoms with Gasteiger partial charge in [-0.25, -0.2) is 0 Å². The van der Waals surface area contributed by atoms with Crippen molar-refractivity contribution < 1.29 is 14.3 Å². The Hall–Kier alpha value is -2.34. The van der Waals surface area contributed by atoms with Crippen LogP contribution in [0.25, 0.3) is 0 Å². The number of nitrogens with zero attached hydrogens (tertiary/aromatic N) is 1. The number of ether oxygens (including phenoxy) is 1. The Bertz CT molecular complexity index is 821. The Kier molecular flexibility index (Phi) is 8.70. The van der Waals surface area contributed by atoms with Crippen molar-refractivity contribution in [2.75, 3.05) is 13.7 Å². The molecule has 0 aromatic heterocycles. The molecule has 2 amide bonds. The third kappa shape index (κ3) is 7.20. The molecule has 2 aromatic carbocycles. The van der Waals surface area contributed by atoms with E-state index >= 15 is 0 Å². The summed E-state index contributed by atoms with van der Waals surface area (Å²) < 4.78 is 6.11. The lowest BCUT2D eigenvalue weighted by Gasteiger charge is -2.29. The Morgan fingerprint density at radius 1 is 1.07 bits per heavy atom. The van der Waals surface area contributed by atoms with Crippen LogP contribution in [-0.4, -0.2) is 36.4 Å². The number of nitrogens with one attached hydrogen (secondary N) is 1. The molecule has 0 saturated heterocycles. The molecule has 0 spiro atoms. The largest absolute Gasteiger partial charge is 0.497 e. The van der Waals surface area contributed by atoms with Crippen molar-refractivity contribution in [3.63, 3.8) is 0 Å². The predicted molar refractivity (Wildman–Crippen MR) is 119 cm³/mol. The van der Waals surface area contributed by atoms with Gasteiger partial charge in [-0.2, -0.15) is 0 Å². The maximum absolute atomic E-state index is 13.1. The molecular weight excluding hydrogens is 432 g/mol. The molecule has 0 aliphatic heterocycles. The third-order valence-corrected chi connectivity index (χ3v) is 5.10. The van der Waals surface area contributed by atoms with Crippen LogP contribution in [0.4, 0.5) is 0 Å². The van der Waals surface area contributed by atoms with Crippen molar-refractivity contribution in [3.05, 3.63) is 64.1 Å². The molecule has 1 atom stereocenters. The number of rotatable bonds is 9. The maximum atomic E-state index is 13.1. The molecule has 2 aromatic rings. The zero-order valence-corrected chi connectivity index (χ0v) is 19.0. The molecule has 156 valence electrons. The van der Waals surface area contributed by atoms with Gasteiger partial charge in [0.25, 0.3) is 0 Å². The summed E-state index contributed by atoms with van der Waals surface area (Å²) in [6.45, 7) is 6.81. The van der Waals surface area contributed by atoms with Crippen LogP contribution in [0.1, 0.15) is 31.9 Å². The van der Waals surface area contributed by atoms with Crippen molar-refractivity contribution in [2.45, 2.75) is 39.8 Å². The number of amides is 2. The Morgan fingerprint density at radius 2 is 1.76 bits per heavy atom. The Labute approximate surface area is 181 Å². The molecule has 0 saturated carbocycles. The normalized spacial score (nSPS) is 11.8. The number of carbonyl (C=O) groups excluding carboxylic acids is 2. The zero-order chi connectivity index (χ0) is 21.4. The molecule has 0 bridgehead atoms. The average Bonchev–Trinajstić information content (AvgIpc) is 2.70. The molecule has 29 heavy (non-hydrogen) atoms. The zero-order valence-electron chi connectivity index (χ0n) is 17.4. The molecule has 0 radical (unpaired) electrons. The van der Waals surface area contributed by atoms with E-state index in [4.69, 9.17) is 4.74 Å². The van der Waals surface area contributed by atoms with Gasteiger partial charge in [0, 0.05) is 17.6 Å². The van der Waals surface area contributed by atoms with Gasteiger partial charge in [0.15, 0.2) is 0 Å². The summed E-state index contributed by atoms with van der Waals surface area (Å²) in [5.74, 6) is 0.854. The van der Waals surface area contributed by atoms with Crippen molar-refractivity contribution in [3.8, 4) is 5.75 Å². The van der Waals surface area contributed by atoms with E-state index in [0.29, 0.717) is 19.0 Å². The van der Waals surface area contributed by atoms with Gasteiger partial charge in [-0.1, -0.05) is 54.0 Å². The van der Waals surface area contributed by atoms with Crippen molar-refractivity contribution in [2.24, 2.45) is 5.92 Å². The molecule has 6 heteroatoms. The highest BCUT2D eigenvalue weighted by atomic mass is 79.9. The van der Waals surface area contributed by atoms with Gasteiger partial charge in [0.2, 0.25) is 11.8 Å². The Morgan fingerprint density at radius 3 is 2.34 bits per heavy atom. The predicted octanol–water partition coefficient (Wildman–Crippen LogP) is 4.19. The topological polar surface area (TPSA) is 58.6 Å². The quantitative estimate of drug-likeness (QED) is 0.610. The summed E-state index contributed by atoms with van der Waals surface area (Å²) in [5.41, 5.74) is 1.84. The van der Waals surface area contributed by atoms with Crippen LogP contribution >= 0.6 is 15.9 Å². The lowest BCUT2D eigenvalue weighted by molar-refractivity contribution is -0.140. The summed E-state index contributed by atoms with van der Waals surface area (Å²) in [4.78, 5) is 27.4. The lowest BCUT2D eigenvalue weighted by atomic mass is 10.1. The fraction of sp³-hybridized carbons (Fsp3) is 0.391. The third-order valence-electron chi connectivity index (χ3n) is 4.61. The van der Waals surface area contributed by atoms with Crippen LogP contribution in [0.3, 0.4) is 0 Å². The number of halogens is 1. The average molecular weight is 461 g/mol. The second-order valence-corrected chi connectivity index (χ2v) is 8.41. The number of hydrogen-bond donors (Lipinski definition) is 1. The van der Waals surface area contributed by atoms with E-state index in [1.807, 2.05) is 62.4 Å². The van der Waals surface area contributed by atoms with Crippen molar-refractivity contribution in [1.82, 2.24) is 10.2 Å². The number of methoxy groups -OCH3 is 1. The molecule has 0 aliphatic rings. The van der Waals surface area contributed by atoms with E-state index in [0.717, 1.165) is 21.3 Å². The van der Waals surface area contributed by atoms with E-state index in [1.165, 1.54) is 0 Å². The minimum Gasteiger partial charge on any atom is -0.497 e. The van der Waals surface area contributed by atoms with Crippen LogP contribution in [0.5, 0.6) is 5.75 Å². The summed E-state index contributed by atoms with van der Waals surface area (Å²) in [7, 11) is 1.61. The summed E-state index contributed by atoms with van der Waals surface area (Å²) in [6.07, 6.45) is 0.222. The smallest absolute Gasteiger partial charge is 0.242 e. The standard InChI is InChI=1S/C23H29BrN2O3/c1-16(2)14-25-23(28)17(3)26(15-19-6-5-7-20(24)12-19)22(27)13-18-8-10-21(29-4)11-9-18/h5-12,16-17H,13-15H2,1-4H3,(H,25,28)/t17-/m1/s1. The van der Waals surface area contributed by atoms with E-state index in [-0.39, 0.29) is 18.2 Å². The molecule has 0 fully saturated rings. The van der Waals surface area contributed by atoms with Gasteiger partial charge in [-0.15, -0.1) is 0 Å². The van der Waals surface area contributed by atoms with Crippen molar-refractivity contribution >= 4 is 27.7 Å². The van der Waals surface area contributed by atoms with Crippen LogP contribution in [0.15, 0.2) is 53.0 Å². The highest BCUT2D eigenvalue weighted by Crippen LogP contribution is 2.17. The van der Waals surface area contributed by atoms with Gasteiger partial charge in [0.05, 0.1) is 13.5 Å². The highest BCUT2D eigenvalue weighted by molar-refractivity contribution is 9.10. The fourth-order valence-corrected chi connectivity index (χ4v) is 3.33. The molecule has 2 rings (SSSR count). The summed E-state index contributed by atoms with van der Waals surface area (Å²) in [5, 5.41) is 2.93. The van der Waals surface area contributed by atoms with Gasteiger partial charge in [-0.3, -0.25) is 9.59 Å². The van der Waals surface area contributed by atoms with Gasteiger partial charge in [0.1, 0.15) is 11.8 Å². The number of carbonyl (C=O) groups is 2. The molecule has 1 N–H and O–H groups in total. The monoisotopic (exact) mass is 460 g/mol. The van der Waals surface area contributed by atoms with E-state index < -0.39 is 6.04 Å². The maximum Gasteiger partial charge on any atom is 0.242 e.